The second kappa shape index (κ2) is 6.70. The highest BCUT2D eigenvalue weighted by molar-refractivity contribution is 9.10. The zero-order chi connectivity index (χ0) is 14.7. The van der Waals surface area contributed by atoms with E-state index in [1.165, 1.54) is 0 Å². The molecule has 20 heavy (non-hydrogen) atoms. The van der Waals surface area contributed by atoms with Crippen molar-refractivity contribution in [2.75, 3.05) is 40.3 Å². The Morgan fingerprint density at radius 1 is 1.35 bits per heavy atom. The van der Waals surface area contributed by atoms with E-state index in [4.69, 9.17) is 0 Å². The van der Waals surface area contributed by atoms with Gasteiger partial charge in [-0.3, -0.25) is 9.69 Å². The number of benzene rings is 1. The van der Waals surface area contributed by atoms with Gasteiger partial charge in [-0.1, -0.05) is 15.9 Å². The fourth-order valence-electron chi connectivity index (χ4n) is 2.50. The first-order chi connectivity index (χ1) is 9.45. The molecule has 1 fully saturated rings. The third-order valence-electron chi connectivity index (χ3n) is 3.78. The van der Waals surface area contributed by atoms with E-state index < -0.39 is 0 Å². The number of halogens is 1. The molecule has 1 amide bonds. The largest absolute Gasteiger partial charge is 0.350 e. The van der Waals surface area contributed by atoms with Crippen LogP contribution in [0.4, 0.5) is 0 Å². The second-order valence-corrected chi connectivity index (χ2v) is 6.54. The summed E-state index contributed by atoms with van der Waals surface area (Å²) in [5.74, 6) is -0.00368. The zero-order valence-corrected chi connectivity index (χ0v) is 13.9. The minimum absolute atomic E-state index is 0.00368. The highest BCUT2D eigenvalue weighted by Crippen LogP contribution is 2.15. The molecule has 1 unspecified atom stereocenters. The van der Waals surface area contributed by atoms with Crippen LogP contribution in [0, 0.1) is 6.92 Å². The van der Waals surface area contributed by atoms with Crippen molar-refractivity contribution >= 4 is 21.8 Å². The summed E-state index contributed by atoms with van der Waals surface area (Å²) in [5, 5.41) is 3.05. The molecule has 0 aliphatic carbocycles. The Labute approximate surface area is 129 Å². The van der Waals surface area contributed by atoms with Gasteiger partial charge in [-0.25, -0.2) is 0 Å². The lowest BCUT2D eigenvalue weighted by Crippen LogP contribution is -2.54. The van der Waals surface area contributed by atoms with Crippen molar-refractivity contribution in [2.45, 2.75) is 13.0 Å². The van der Waals surface area contributed by atoms with Gasteiger partial charge in [0.2, 0.25) is 0 Å². The number of piperazine rings is 1. The fraction of sp³-hybridized carbons (Fsp3) is 0.533. The molecule has 1 heterocycles. The molecule has 0 spiro atoms. The predicted octanol–water partition coefficient (Wildman–Crippen LogP) is 1.73. The zero-order valence-electron chi connectivity index (χ0n) is 12.3. The lowest BCUT2D eigenvalue weighted by Gasteiger charge is -2.37. The van der Waals surface area contributed by atoms with Crippen LogP contribution in [0.25, 0.3) is 0 Å². The molecule has 0 saturated carbocycles. The molecule has 1 aromatic rings. The van der Waals surface area contributed by atoms with Gasteiger partial charge in [0.1, 0.15) is 0 Å². The van der Waals surface area contributed by atoms with Crippen molar-refractivity contribution in [2.24, 2.45) is 0 Å². The van der Waals surface area contributed by atoms with Crippen LogP contribution in [0.3, 0.4) is 0 Å². The van der Waals surface area contributed by atoms with E-state index in [-0.39, 0.29) is 5.91 Å². The summed E-state index contributed by atoms with van der Waals surface area (Å²) in [6.45, 7) is 5.81. The number of hydrogen-bond donors (Lipinski definition) is 1. The standard InChI is InChI=1S/C15H22BrN3O/c1-11-6-12(8-13(16)7-11)15(20)17-9-14-10-18(2)4-5-19(14)3/h6-8,14H,4-5,9-10H2,1-3H3,(H,17,20). The minimum atomic E-state index is -0.00368. The van der Waals surface area contributed by atoms with E-state index in [1.807, 2.05) is 25.1 Å². The lowest BCUT2D eigenvalue weighted by molar-refractivity contribution is 0.0881. The number of aryl methyl sites for hydroxylation is 1. The smallest absolute Gasteiger partial charge is 0.251 e. The average molecular weight is 340 g/mol. The summed E-state index contributed by atoms with van der Waals surface area (Å²) in [7, 11) is 4.24. The Morgan fingerprint density at radius 2 is 2.10 bits per heavy atom. The highest BCUT2D eigenvalue weighted by Gasteiger charge is 2.22. The van der Waals surface area contributed by atoms with Gasteiger partial charge < -0.3 is 10.2 Å². The number of nitrogens with zero attached hydrogens (tertiary/aromatic N) is 2. The van der Waals surface area contributed by atoms with E-state index >= 15 is 0 Å². The molecule has 0 aromatic heterocycles. The van der Waals surface area contributed by atoms with Crippen molar-refractivity contribution < 1.29 is 4.79 Å². The van der Waals surface area contributed by atoms with E-state index in [9.17, 15) is 4.79 Å². The van der Waals surface area contributed by atoms with Gasteiger partial charge in [0, 0.05) is 42.3 Å². The van der Waals surface area contributed by atoms with Gasteiger partial charge in [-0.15, -0.1) is 0 Å². The molecule has 4 nitrogen and oxygen atoms in total. The van der Waals surface area contributed by atoms with Crippen LogP contribution in [0.15, 0.2) is 22.7 Å². The average Bonchev–Trinajstić information content (AvgIpc) is 2.38. The number of nitrogens with one attached hydrogen (secondary N) is 1. The number of rotatable bonds is 3. The van der Waals surface area contributed by atoms with Crippen LogP contribution >= 0.6 is 15.9 Å². The first-order valence-corrected chi connectivity index (χ1v) is 7.69. The molecule has 5 heteroatoms. The molecule has 110 valence electrons. The van der Waals surface area contributed by atoms with Gasteiger partial charge >= 0.3 is 0 Å². The van der Waals surface area contributed by atoms with Gasteiger partial charge in [-0.05, 0) is 44.8 Å². The van der Waals surface area contributed by atoms with Crippen LogP contribution in [-0.2, 0) is 0 Å². The van der Waals surface area contributed by atoms with Crippen LogP contribution in [-0.4, -0.2) is 62.0 Å². The van der Waals surface area contributed by atoms with Crippen LogP contribution in [0.1, 0.15) is 15.9 Å². The normalized spacial score (nSPS) is 20.9. The Balaban J connectivity index is 1.94. The first-order valence-electron chi connectivity index (χ1n) is 6.90. The number of amides is 1. The van der Waals surface area contributed by atoms with E-state index in [0.717, 1.165) is 29.7 Å². The van der Waals surface area contributed by atoms with Gasteiger partial charge in [-0.2, -0.15) is 0 Å². The molecular weight excluding hydrogens is 318 g/mol. The predicted molar refractivity (Wildman–Crippen MR) is 85.1 cm³/mol. The summed E-state index contributed by atoms with van der Waals surface area (Å²) in [5.41, 5.74) is 1.79. The topological polar surface area (TPSA) is 35.6 Å². The molecule has 1 aliphatic rings. The fourth-order valence-corrected chi connectivity index (χ4v) is 3.11. The summed E-state index contributed by atoms with van der Waals surface area (Å²) < 4.78 is 0.942. The minimum Gasteiger partial charge on any atom is -0.350 e. The monoisotopic (exact) mass is 339 g/mol. The molecule has 2 rings (SSSR count). The molecule has 1 N–H and O–H groups in total. The number of likely N-dealkylation sites (N-methyl/N-ethyl adjacent to an activating group) is 2. The Bertz CT molecular complexity index is 472. The van der Waals surface area contributed by atoms with Crippen LogP contribution in [0.2, 0.25) is 0 Å². The van der Waals surface area contributed by atoms with E-state index in [1.54, 1.807) is 0 Å². The van der Waals surface area contributed by atoms with Crippen molar-refractivity contribution in [3.05, 3.63) is 33.8 Å². The summed E-state index contributed by atoms with van der Waals surface area (Å²) in [6.07, 6.45) is 0. The SMILES string of the molecule is Cc1cc(Br)cc(C(=O)NCC2CN(C)CCN2C)c1. The van der Waals surface area contributed by atoms with Crippen molar-refractivity contribution in [3.8, 4) is 0 Å². The molecule has 1 aromatic carbocycles. The van der Waals surface area contributed by atoms with Gasteiger partial charge in [0.15, 0.2) is 0 Å². The van der Waals surface area contributed by atoms with Crippen LogP contribution in [0.5, 0.6) is 0 Å². The molecular formula is C15H22BrN3O. The first kappa shape index (κ1) is 15.5. The molecule has 1 saturated heterocycles. The highest BCUT2D eigenvalue weighted by atomic mass is 79.9. The Morgan fingerprint density at radius 3 is 2.80 bits per heavy atom. The Hall–Kier alpha value is -0.910. The molecule has 1 aliphatic heterocycles. The summed E-state index contributed by atoms with van der Waals surface area (Å²) >= 11 is 3.43. The van der Waals surface area contributed by atoms with Crippen molar-refractivity contribution in [1.82, 2.24) is 15.1 Å². The van der Waals surface area contributed by atoms with E-state index in [2.05, 4.69) is 45.1 Å². The maximum absolute atomic E-state index is 12.2. The van der Waals surface area contributed by atoms with Gasteiger partial charge in [0.25, 0.3) is 5.91 Å². The molecule has 0 radical (unpaired) electrons. The van der Waals surface area contributed by atoms with E-state index in [0.29, 0.717) is 18.2 Å². The van der Waals surface area contributed by atoms with Crippen LogP contribution < -0.4 is 5.32 Å². The summed E-state index contributed by atoms with van der Waals surface area (Å²) in [6, 6.07) is 6.15. The number of hydrogen-bond acceptors (Lipinski definition) is 3. The quantitative estimate of drug-likeness (QED) is 0.910. The number of carbonyl (C=O) groups excluding carboxylic acids is 1. The second-order valence-electron chi connectivity index (χ2n) is 5.62. The van der Waals surface area contributed by atoms with Gasteiger partial charge in [0.05, 0.1) is 0 Å². The van der Waals surface area contributed by atoms with Crippen molar-refractivity contribution in [3.63, 3.8) is 0 Å². The molecule has 1 atom stereocenters. The number of carbonyl (C=O) groups is 1. The Kier molecular flexibility index (Phi) is 5.18. The lowest BCUT2D eigenvalue weighted by atomic mass is 10.1. The maximum Gasteiger partial charge on any atom is 0.251 e. The third-order valence-corrected chi connectivity index (χ3v) is 4.24. The maximum atomic E-state index is 12.2. The van der Waals surface area contributed by atoms with Crippen molar-refractivity contribution in [1.29, 1.82) is 0 Å². The third kappa shape index (κ3) is 4.04. The molecule has 0 bridgehead atoms. The summed E-state index contributed by atoms with van der Waals surface area (Å²) in [4.78, 5) is 16.8.